The molecule has 13 heteroatoms. The second-order valence-corrected chi connectivity index (χ2v) is 7.74. The number of pyridine rings is 3. The number of anilines is 2. The Hall–Kier alpha value is -4.26. The van der Waals surface area contributed by atoms with Gasteiger partial charge in [0.15, 0.2) is 0 Å². The highest BCUT2D eigenvalue weighted by atomic mass is 19.4. The van der Waals surface area contributed by atoms with Crippen LogP contribution in [0.25, 0.3) is 22.2 Å². The fourth-order valence-electron chi connectivity index (χ4n) is 3.48. The smallest absolute Gasteiger partial charge is 0.395 e. The summed E-state index contributed by atoms with van der Waals surface area (Å²) in [6.45, 7) is -0.504. The average Bonchev–Trinajstić information content (AvgIpc) is 2.86. The summed E-state index contributed by atoms with van der Waals surface area (Å²) in [4.78, 5) is 23.9. The Morgan fingerprint density at radius 3 is 2.32 bits per heavy atom. The Morgan fingerprint density at radius 2 is 1.68 bits per heavy atom. The first-order chi connectivity index (χ1) is 17.5. The van der Waals surface area contributed by atoms with Crippen molar-refractivity contribution in [2.24, 2.45) is 0 Å². The van der Waals surface area contributed by atoms with Crippen LogP contribution in [-0.2, 0) is 12.4 Å². The number of fused-ring (bicyclic) bond motifs is 1. The van der Waals surface area contributed by atoms with Gasteiger partial charge in [0.25, 0.3) is 5.91 Å². The van der Waals surface area contributed by atoms with Crippen molar-refractivity contribution in [2.75, 3.05) is 18.5 Å². The molecule has 3 heterocycles. The zero-order valence-corrected chi connectivity index (χ0v) is 18.7. The molecule has 0 aliphatic carbocycles. The summed E-state index contributed by atoms with van der Waals surface area (Å²) in [6.07, 6.45) is -6.29. The number of hydrogen-bond donors (Lipinski definition) is 3. The highest BCUT2D eigenvalue weighted by Gasteiger charge is 2.35. The average molecular weight is 521 g/mol. The number of aliphatic hydroxyl groups is 1. The van der Waals surface area contributed by atoms with Crippen LogP contribution in [0.1, 0.15) is 21.5 Å². The molecule has 37 heavy (non-hydrogen) atoms. The molecule has 3 aromatic heterocycles. The molecule has 4 aromatic rings. The van der Waals surface area contributed by atoms with Crippen LogP contribution < -0.4 is 10.6 Å². The van der Waals surface area contributed by atoms with Gasteiger partial charge in [-0.05, 0) is 30.3 Å². The molecule has 4 rings (SSSR count). The van der Waals surface area contributed by atoms with E-state index in [1.54, 1.807) is 6.07 Å². The summed E-state index contributed by atoms with van der Waals surface area (Å²) in [5.74, 6) is -0.688. The highest BCUT2D eigenvalue weighted by Crippen LogP contribution is 2.38. The maximum atomic E-state index is 13.8. The Labute approximate surface area is 205 Å². The summed E-state index contributed by atoms with van der Waals surface area (Å²) in [5, 5.41) is 14.4. The van der Waals surface area contributed by atoms with Gasteiger partial charge in [-0.2, -0.15) is 26.3 Å². The Balaban J connectivity index is 1.69. The van der Waals surface area contributed by atoms with E-state index in [1.165, 1.54) is 24.4 Å². The number of nitrogens with one attached hydrogen (secondary N) is 2. The minimum Gasteiger partial charge on any atom is -0.395 e. The van der Waals surface area contributed by atoms with E-state index in [2.05, 4.69) is 25.6 Å². The number of benzene rings is 1. The quantitative estimate of drug-likeness (QED) is 0.302. The largest absolute Gasteiger partial charge is 0.418 e. The van der Waals surface area contributed by atoms with Crippen LogP contribution >= 0.6 is 0 Å². The Morgan fingerprint density at radius 1 is 0.892 bits per heavy atom. The summed E-state index contributed by atoms with van der Waals surface area (Å²) < 4.78 is 79.8. The van der Waals surface area contributed by atoms with Gasteiger partial charge in [0.1, 0.15) is 5.82 Å². The van der Waals surface area contributed by atoms with Crippen molar-refractivity contribution in [3.05, 3.63) is 77.7 Å². The molecule has 0 bridgehead atoms. The van der Waals surface area contributed by atoms with E-state index >= 15 is 0 Å². The van der Waals surface area contributed by atoms with Gasteiger partial charge in [0.2, 0.25) is 0 Å². The van der Waals surface area contributed by atoms with Crippen LogP contribution in [-0.4, -0.2) is 39.1 Å². The Kier molecular flexibility index (Phi) is 6.99. The van der Waals surface area contributed by atoms with Gasteiger partial charge >= 0.3 is 12.4 Å². The number of aliphatic hydroxyl groups excluding tert-OH is 1. The molecule has 7 nitrogen and oxygen atoms in total. The van der Waals surface area contributed by atoms with Gasteiger partial charge in [-0.1, -0.05) is 12.1 Å². The molecule has 1 aromatic carbocycles. The fourth-order valence-corrected chi connectivity index (χ4v) is 3.48. The van der Waals surface area contributed by atoms with Crippen molar-refractivity contribution in [3.63, 3.8) is 0 Å². The number of carbonyl (C=O) groups excluding carboxylic acids is 1. The second-order valence-electron chi connectivity index (χ2n) is 7.74. The predicted molar refractivity (Wildman–Crippen MR) is 122 cm³/mol. The van der Waals surface area contributed by atoms with E-state index in [0.29, 0.717) is 23.3 Å². The van der Waals surface area contributed by atoms with Crippen molar-refractivity contribution in [3.8, 4) is 11.3 Å². The molecule has 1 amide bonds. The van der Waals surface area contributed by atoms with Crippen LogP contribution in [0, 0.1) is 0 Å². The lowest BCUT2D eigenvalue weighted by molar-refractivity contribution is -0.138. The number of rotatable bonds is 6. The number of alkyl halides is 6. The van der Waals surface area contributed by atoms with Crippen LogP contribution in [0.4, 0.5) is 37.8 Å². The number of halogens is 6. The molecule has 0 saturated carbocycles. The molecule has 0 saturated heterocycles. The number of amides is 1. The number of hydrogen-bond acceptors (Lipinski definition) is 6. The lowest BCUT2D eigenvalue weighted by atomic mass is 10.0. The van der Waals surface area contributed by atoms with E-state index in [9.17, 15) is 31.1 Å². The predicted octanol–water partition coefficient (Wildman–Crippen LogP) is 5.20. The maximum Gasteiger partial charge on any atom is 0.418 e. The van der Waals surface area contributed by atoms with Crippen LogP contribution in [0.5, 0.6) is 0 Å². The van der Waals surface area contributed by atoms with Crippen LogP contribution in [0.3, 0.4) is 0 Å². The number of nitrogens with zero attached hydrogens (tertiary/aromatic N) is 3. The van der Waals surface area contributed by atoms with Gasteiger partial charge in [-0.15, -0.1) is 0 Å². The third kappa shape index (κ3) is 5.77. The minimum absolute atomic E-state index is 0.0828. The van der Waals surface area contributed by atoms with Gasteiger partial charge in [-0.3, -0.25) is 14.8 Å². The first-order valence-corrected chi connectivity index (χ1v) is 10.6. The van der Waals surface area contributed by atoms with Crippen molar-refractivity contribution >= 4 is 28.3 Å². The van der Waals surface area contributed by atoms with Crippen molar-refractivity contribution in [1.82, 2.24) is 20.3 Å². The molecule has 0 unspecified atom stereocenters. The highest BCUT2D eigenvalue weighted by molar-refractivity contribution is 5.96. The minimum atomic E-state index is -4.82. The molecule has 0 atom stereocenters. The number of aromatic nitrogens is 3. The van der Waals surface area contributed by atoms with E-state index < -0.39 is 35.1 Å². The maximum absolute atomic E-state index is 13.8. The van der Waals surface area contributed by atoms with Gasteiger partial charge in [0.05, 0.1) is 40.2 Å². The Bertz CT molecular complexity index is 1440. The number of carbonyl (C=O) groups is 1. The second kappa shape index (κ2) is 10.0. The summed E-state index contributed by atoms with van der Waals surface area (Å²) in [7, 11) is 0. The summed E-state index contributed by atoms with van der Waals surface area (Å²) in [6, 6.07) is 8.51. The first kappa shape index (κ1) is 25.8. The van der Waals surface area contributed by atoms with E-state index in [0.717, 1.165) is 18.3 Å². The van der Waals surface area contributed by atoms with Gasteiger partial charge < -0.3 is 15.7 Å². The third-order valence-corrected chi connectivity index (χ3v) is 5.22. The summed E-state index contributed by atoms with van der Waals surface area (Å²) in [5.41, 5.74) is -1.99. The summed E-state index contributed by atoms with van der Waals surface area (Å²) >= 11 is 0. The lowest BCUT2D eigenvalue weighted by Gasteiger charge is -2.15. The zero-order chi connectivity index (χ0) is 26.8. The molecular weight excluding hydrogens is 504 g/mol. The van der Waals surface area contributed by atoms with Crippen LogP contribution in [0.2, 0.25) is 0 Å². The molecule has 0 spiro atoms. The van der Waals surface area contributed by atoms with Gasteiger partial charge in [0, 0.05) is 36.1 Å². The molecule has 192 valence electrons. The monoisotopic (exact) mass is 521 g/mol. The molecular formula is C24H17F6N5O2. The van der Waals surface area contributed by atoms with E-state index in [1.807, 2.05) is 0 Å². The molecule has 0 aliphatic rings. The molecule has 3 N–H and O–H groups in total. The van der Waals surface area contributed by atoms with Gasteiger partial charge in [-0.25, -0.2) is 4.98 Å². The molecule has 0 fully saturated rings. The van der Waals surface area contributed by atoms with Crippen LogP contribution in [0.15, 0.2) is 61.1 Å². The van der Waals surface area contributed by atoms with E-state index in [4.69, 9.17) is 5.11 Å². The van der Waals surface area contributed by atoms with E-state index in [-0.39, 0.29) is 35.6 Å². The normalized spacial score (nSPS) is 12.0. The SMILES string of the molecule is O=C(NCCO)c1cnc(-c2ccc3c(Nc4ccc(C(F)(F)F)cn4)ccnc3c2)c(C(F)(F)F)c1. The van der Waals surface area contributed by atoms with Crippen molar-refractivity contribution in [1.29, 1.82) is 0 Å². The zero-order valence-electron chi connectivity index (χ0n) is 18.7. The van der Waals surface area contributed by atoms with Crippen molar-refractivity contribution in [2.45, 2.75) is 12.4 Å². The lowest BCUT2D eigenvalue weighted by Crippen LogP contribution is -2.27. The third-order valence-electron chi connectivity index (χ3n) is 5.22. The molecule has 0 aliphatic heterocycles. The fraction of sp³-hybridized carbons (Fsp3) is 0.167. The first-order valence-electron chi connectivity index (χ1n) is 10.6. The topological polar surface area (TPSA) is 100 Å². The van der Waals surface area contributed by atoms with Crippen molar-refractivity contribution < 1.29 is 36.2 Å². The molecule has 0 radical (unpaired) electrons. The standard InChI is InChI=1S/C24H17F6N5O2/c25-23(26,27)15-2-4-20(33-12-15)35-18-5-6-31-19-10-13(1-3-16(18)19)21-17(24(28,29)30)9-14(11-34-21)22(37)32-7-8-36/h1-6,9-12,36H,7-8H2,(H,32,37)(H,31,33,35).